The molecule has 27 heavy (non-hydrogen) atoms. The highest BCUT2D eigenvalue weighted by atomic mass is 35.5. The summed E-state index contributed by atoms with van der Waals surface area (Å²) in [6.45, 7) is 1.67. The number of hydrogen-bond donors (Lipinski definition) is 3. The Morgan fingerprint density at radius 3 is 2.41 bits per heavy atom. The summed E-state index contributed by atoms with van der Waals surface area (Å²) < 4.78 is 0. The van der Waals surface area contributed by atoms with Crippen molar-refractivity contribution in [3.05, 3.63) is 29.3 Å². The van der Waals surface area contributed by atoms with Gasteiger partial charge in [-0.05, 0) is 51.1 Å². The maximum absolute atomic E-state index is 12.3. The van der Waals surface area contributed by atoms with Crippen LogP contribution in [-0.2, 0) is 9.59 Å². The van der Waals surface area contributed by atoms with Gasteiger partial charge in [-0.25, -0.2) is 4.79 Å². The lowest BCUT2D eigenvalue weighted by atomic mass is 9.96. The average molecular weight is 395 g/mol. The van der Waals surface area contributed by atoms with Crippen LogP contribution in [0.3, 0.4) is 0 Å². The van der Waals surface area contributed by atoms with Crippen molar-refractivity contribution in [2.45, 2.75) is 51.1 Å². The molecule has 1 saturated carbocycles. The Kier molecular flexibility index (Phi) is 8.06. The molecule has 0 aliphatic heterocycles. The van der Waals surface area contributed by atoms with E-state index in [4.69, 9.17) is 11.6 Å². The van der Waals surface area contributed by atoms with Gasteiger partial charge in [-0.1, -0.05) is 30.9 Å². The highest BCUT2D eigenvalue weighted by Gasteiger charge is 2.23. The van der Waals surface area contributed by atoms with Crippen molar-refractivity contribution >= 4 is 35.1 Å². The van der Waals surface area contributed by atoms with Gasteiger partial charge in [0, 0.05) is 16.8 Å². The van der Waals surface area contributed by atoms with Crippen molar-refractivity contribution in [3.8, 4) is 0 Å². The smallest absolute Gasteiger partial charge is 0.321 e. The number of rotatable bonds is 6. The molecule has 1 aromatic rings. The zero-order valence-electron chi connectivity index (χ0n) is 15.8. The van der Waals surface area contributed by atoms with Gasteiger partial charge >= 0.3 is 6.03 Å². The minimum atomic E-state index is -0.627. The number of amides is 4. The summed E-state index contributed by atoms with van der Waals surface area (Å²) in [5.74, 6) is -0.698. The van der Waals surface area contributed by atoms with Crippen LogP contribution < -0.4 is 16.0 Å². The summed E-state index contributed by atoms with van der Waals surface area (Å²) in [5, 5.41) is 8.53. The minimum absolute atomic E-state index is 0.0153. The summed E-state index contributed by atoms with van der Waals surface area (Å²) in [6, 6.07) is 5.79. The molecule has 0 aromatic heterocycles. The van der Waals surface area contributed by atoms with E-state index in [0.717, 1.165) is 25.7 Å². The van der Waals surface area contributed by atoms with Crippen LogP contribution in [0.1, 0.15) is 39.0 Å². The summed E-state index contributed by atoms with van der Waals surface area (Å²) in [6.07, 6.45) is 5.28. The number of nitrogens with one attached hydrogen (secondary N) is 3. The van der Waals surface area contributed by atoms with Crippen molar-refractivity contribution < 1.29 is 14.4 Å². The first-order chi connectivity index (χ1) is 12.8. The van der Waals surface area contributed by atoms with Gasteiger partial charge in [0.15, 0.2) is 0 Å². The molecule has 0 saturated heterocycles. The van der Waals surface area contributed by atoms with Crippen molar-refractivity contribution in [3.63, 3.8) is 0 Å². The number of benzene rings is 1. The molecule has 1 atom stereocenters. The van der Waals surface area contributed by atoms with E-state index in [9.17, 15) is 14.4 Å². The largest absolute Gasteiger partial charge is 0.335 e. The molecule has 0 unspecified atom stereocenters. The number of likely N-dealkylation sites (N-methyl/N-ethyl adjacent to an activating group) is 1. The lowest BCUT2D eigenvalue weighted by Crippen LogP contribution is -2.51. The zero-order chi connectivity index (χ0) is 19.8. The fourth-order valence-corrected chi connectivity index (χ4v) is 3.11. The number of halogens is 1. The summed E-state index contributed by atoms with van der Waals surface area (Å²) in [7, 11) is 1.66. The van der Waals surface area contributed by atoms with E-state index in [2.05, 4.69) is 16.0 Å². The van der Waals surface area contributed by atoms with Crippen molar-refractivity contribution in [1.29, 1.82) is 0 Å². The number of carbonyl (C=O) groups is 3. The fraction of sp³-hybridized carbons (Fsp3) is 0.526. The third-order valence-electron chi connectivity index (χ3n) is 4.74. The monoisotopic (exact) mass is 394 g/mol. The Labute approximate surface area is 164 Å². The first-order valence-corrected chi connectivity index (χ1v) is 9.60. The van der Waals surface area contributed by atoms with Gasteiger partial charge in [-0.15, -0.1) is 0 Å². The molecule has 1 aromatic carbocycles. The van der Waals surface area contributed by atoms with E-state index in [1.54, 1.807) is 43.1 Å². The van der Waals surface area contributed by atoms with Gasteiger partial charge in [0.25, 0.3) is 0 Å². The van der Waals surface area contributed by atoms with Crippen LogP contribution in [0.5, 0.6) is 0 Å². The second-order valence-electron chi connectivity index (χ2n) is 6.94. The molecule has 7 nitrogen and oxygen atoms in total. The molecule has 0 spiro atoms. The Morgan fingerprint density at radius 1 is 1.15 bits per heavy atom. The highest BCUT2D eigenvalue weighted by molar-refractivity contribution is 6.30. The van der Waals surface area contributed by atoms with Gasteiger partial charge in [0.1, 0.15) is 0 Å². The molecule has 0 radical (unpaired) electrons. The van der Waals surface area contributed by atoms with Crippen LogP contribution >= 0.6 is 11.6 Å². The molecular formula is C19H27ClN4O3. The predicted molar refractivity (Wildman–Crippen MR) is 106 cm³/mol. The molecule has 2 rings (SSSR count). The molecule has 1 fully saturated rings. The van der Waals surface area contributed by atoms with E-state index in [-0.39, 0.29) is 18.5 Å². The maximum Gasteiger partial charge on any atom is 0.321 e. The van der Waals surface area contributed by atoms with Gasteiger partial charge < -0.3 is 10.6 Å². The Balaban J connectivity index is 1.76. The number of urea groups is 1. The average Bonchev–Trinajstić information content (AvgIpc) is 2.63. The van der Waals surface area contributed by atoms with E-state index in [1.165, 1.54) is 6.42 Å². The van der Waals surface area contributed by atoms with Crippen LogP contribution in [-0.4, -0.2) is 48.4 Å². The summed E-state index contributed by atoms with van der Waals surface area (Å²) >= 11 is 5.81. The minimum Gasteiger partial charge on any atom is -0.335 e. The number of imide groups is 1. The number of nitrogens with zero attached hydrogens (tertiary/aromatic N) is 1. The molecule has 3 N–H and O–H groups in total. The van der Waals surface area contributed by atoms with Crippen molar-refractivity contribution in [2.24, 2.45) is 0 Å². The van der Waals surface area contributed by atoms with Crippen LogP contribution in [0.25, 0.3) is 0 Å². The Hall–Kier alpha value is -2.12. The normalized spacial score (nSPS) is 15.9. The Morgan fingerprint density at radius 2 is 1.78 bits per heavy atom. The van der Waals surface area contributed by atoms with Crippen LogP contribution in [0, 0.1) is 0 Å². The van der Waals surface area contributed by atoms with E-state index < -0.39 is 18.0 Å². The summed E-state index contributed by atoms with van der Waals surface area (Å²) in [5.41, 5.74) is 0.627. The molecular weight excluding hydrogens is 368 g/mol. The van der Waals surface area contributed by atoms with Crippen LogP contribution in [0.15, 0.2) is 24.3 Å². The summed E-state index contributed by atoms with van der Waals surface area (Å²) in [4.78, 5) is 37.9. The molecule has 148 valence electrons. The first kappa shape index (κ1) is 21.2. The lowest BCUT2D eigenvalue weighted by Gasteiger charge is -2.25. The highest BCUT2D eigenvalue weighted by Crippen LogP contribution is 2.17. The molecule has 1 aliphatic rings. The van der Waals surface area contributed by atoms with E-state index in [1.807, 2.05) is 0 Å². The lowest BCUT2D eigenvalue weighted by molar-refractivity contribution is -0.125. The number of anilines is 1. The molecule has 0 bridgehead atoms. The van der Waals surface area contributed by atoms with Crippen molar-refractivity contribution in [2.75, 3.05) is 18.9 Å². The molecule has 0 heterocycles. The third-order valence-corrected chi connectivity index (χ3v) is 4.99. The van der Waals surface area contributed by atoms with Gasteiger partial charge in [0.2, 0.25) is 11.8 Å². The van der Waals surface area contributed by atoms with Gasteiger partial charge in [0.05, 0.1) is 12.6 Å². The molecule has 4 amide bonds. The van der Waals surface area contributed by atoms with Crippen molar-refractivity contribution in [1.82, 2.24) is 15.5 Å². The number of carbonyl (C=O) groups excluding carboxylic acids is 3. The van der Waals surface area contributed by atoms with E-state index in [0.29, 0.717) is 10.7 Å². The first-order valence-electron chi connectivity index (χ1n) is 9.22. The van der Waals surface area contributed by atoms with Gasteiger partial charge in [-0.3, -0.25) is 19.8 Å². The topological polar surface area (TPSA) is 90.5 Å². The third kappa shape index (κ3) is 7.19. The molecule has 8 heteroatoms. The maximum atomic E-state index is 12.3. The quantitative estimate of drug-likeness (QED) is 0.692. The predicted octanol–water partition coefficient (Wildman–Crippen LogP) is 2.76. The van der Waals surface area contributed by atoms with E-state index >= 15 is 0 Å². The Bertz CT molecular complexity index is 659. The fourth-order valence-electron chi connectivity index (χ4n) is 2.98. The SMILES string of the molecule is C[C@H](C(=O)NC(=O)NC1CCCCC1)N(C)CC(=O)Nc1ccc(Cl)cc1. The zero-order valence-corrected chi connectivity index (χ0v) is 16.5. The number of hydrogen-bond acceptors (Lipinski definition) is 4. The second-order valence-corrected chi connectivity index (χ2v) is 7.38. The standard InChI is InChI=1S/C19H27ClN4O3/c1-13(18(26)23-19(27)22-15-6-4-3-5-7-15)24(2)12-17(25)21-16-10-8-14(20)9-11-16/h8-11,13,15H,3-7,12H2,1-2H3,(H,21,25)(H2,22,23,26,27)/t13-/m1/s1. The van der Waals surface area contributed by atoms with Crippen LogP contribution in [0.4, 0.5) is 10.5 Å². The molecule has 1 aliphatic carbocycles. The van der Waals surface area contributed by atoms with Gasteiger partial charge in [-0.2, -0.15) is 0 Å². The van der Waals surface area contributed by atoms with Crippen LogP contribution in [0.2, 0.25) is 5.02 Å². The second kappa shape index (κ2) is 10.3.